The third-order valence-corrected chi connectivity index (χ3v) is 7.77. The van der Waals surface area contributed by atoms with Crippen LogP contribution >= 0.6 is 0 Å². The summed E-state index contributed by atoms with van der Waals surface area (Å²) in [6, 6.07) is 12.8. The molecule has 0 bridgehead atoms. The van der Waals surface area contributed by atoms with Crippen LogP contribution in [-0.2, 0) is 32.0 Å². The Morgan fingerprint density at radius 2 is 1.44 bits per heavy atom. The summed E-state index contributed by atoms with van der Waals surface area (Å²) in [5, 5.41) is 9.51. The van der Waals surface area contributed by atoms with Crippen LogP contribution in [0.15, 0.2) is 54.6 Å². The van der Waals surface area contributed by atoms with Crippen molar-refractivity contribution in [2.45, 2.75) is 62.7 Å². The van der Waals surface area contributed by atoms with Gasteiger partial charge in [0.05, 0.1) is 6.04 Å². The van der Waals surface area contributed by atoms with Crippen LogP contribution in [0.3, 0.4) is 0 Å². The Balaban J connectivity index is 1.52. The molecule has 2 aromatic carbocycles. The van der Waals surface area contributed by atoms with Gasteiger partial charge in [-0.05, 0) is 55.4 Å². The highest BCUT2D eigenvalue weighted by Crippen LogP contribution is 2.25. The van der Waals surface area contributed by atoms with Crippen molar-refractivity contribution < 1.29 is 24.3 Å². The third-order valence-electron chi connectivity index (χ3n) is 7.77. The molecule has 10 nitrogen and oxygen atoms in total. The van der Waals surface area contributed by atoms with Crippen LogP contribution in [0.25, 0.3) is 0 Å². The van der Waals surface area contributed by atoms with Crippen LogP contribution in [0.5, 0.6) is 5.75 Å². The smallest absolute Gasteiger partial charge is 0.246 e. The SMILES string of the molecule is CN(C(=O)[C@@H]1CCCN1C(=O)[C@@H](N)Cc1ccc(O)cc1)[C@H](Cc1ccccc1)C(=O)N1CCC[C@@H]1C(N)=O. The van der Waals surface area contributed by atoms with Crippen LogP contribution in [-0.4, -0.2) is 87.7 Å². The van der Waals surface area contributed by atoms with Crippen molar-refractivity contribution in [2.75, 3.05) is 20.1 Å². The number of hydrogen-bond acceptors (Lipinski definition) is 6. The number of nitrogens with two attached hydrogens (primary N) is 2. The molecule has 0 aliphatic carbocycles. The van der Waals surface area contributed by atoms with Gasteiger partial charge in [-0.2, -0.15) is 0 Å². The fourth-order valence-corrected chi connectivity index (χ4v) is 5.61. The topological polar surface area (TPSA) is 150 Å². The molecule has 4 atom stereocenters. The van der Waals surface area contributed by atoms with Gasteiger partial charge in [0, 0.05) is 26.6 Å². The summed E-state index contributed by atoms with van der Waals surface area (Å²) in [6.07, 6.45) is 2.82. The number of carbonyl (C=O) groups excluding carboxylic acids is 4. The average Bonchev–Trinajstić information content (AvgIpc) is 3.62. The molecule has 4 rings (SSSR count). The highest BCUT2D eigenvalue weighted by Gasteiger charge is 2.43. The first-order valence-electron chi connectivity index (χ1n) is 13.4. The van der Waals surface area contributed by atoms with Crippen LogP contribution < -0.4 is 11.5 Å². The van der Waals surface area contributed by atoms with E-state index in [0.29, 0.717) is 38.8 Å². The Morgan fingerprint density at radius 1 is 0.872 bits per heavy atom. The molecule has 2 aliphatic heterocycles. The van der Waals surface area contributed by atoms with Crippen molar-refractivity contribution >= 4 is 23.6 Å². The number of amides is 4. The molecule has 208 valence electrons. The molecule has 0 unspecified atom stereocenters. The zero-order valence-electron chi connectivity index (χ0n) is 22.2. The number of carbonyl (C=O) groups is 4. The quantitative estimate of drug-likeness (QED) is 0.432. The maximum atomic E-state index is 13.8. The van der Waals surface area contributed by atoms with E-state index in [-0.39, 0.29) is 36.3 Å². The maximum Gasteiger partial charge on any atom is 0.246 e. The van der Waals surface area contributed by atoms with E-state index in [1.165, 1.54) is 26.8 Å². The number of likely N-dealkylation sites (tertiary alicyclic amines) is 2. The number of primary amides is 1. The van der Waals surface area contributed by atoms with E-state index < -0.39 is 30.1 Å². The molecule has 0 radical (unpaired) electrons. The molecule has 0 saturated carbocycles. The maximum absolute atomic E-state index is 13.8. The molecule has 0 spiro atoms. The van der Waals surface area contributed by atoms with E-state index >= 15 is 0 Å². The minimum Gasteiger partial charge on any atom is -0.508 e. The number of phenolic OH excluding ortho intramolecular Hbond substituents is 1. The largest absolute Gasteiger partial charge is 0.508 e. The first kappa shape index (κ1) is 28.1. The first-order valence-corrected chi connectivity index (χ1v) is 13.4. The Bertz CT molecular complexity index is 1190. The molecule has 39 heavy (non-hydrogen) atoms. The van der Waals surface area contributed by atoms with Crippen LogP contribution in [0.1, 0.15) is 36.8 Å². The van der Waals surface area contributed by atoms with Crippen molar-refractivity contribution in [2.24, 2.45) is 11.5 Å². The summed E-state index contributed by atoms with van der Waals surface area (Å²) in [4.78, 5) is 57.4. The van der Waals surface area contributed by atoms with E-state index in [9.17, 15) is 24.3 Å². The number of benzene rings is 2. The molecular weight excluding hydrogens is 498 g/mol. The number of nitrogens with zero attached hydrogens (tertiary/aromatic N) is 3. The van der Waals surface area contributed by atoms with Crippen molar-refractivity contribution in [3.8, 4) is 5.75 Å². The van der Waals surface area contributed by atoms with E-state index in [0.717, 1.165) is 11.1 Å². The number of likely N-dealkylation sites (N-methyl/N-ethyl adjacent to an activating group) is 1. The number of hydrogen-bond donors (Lipinski definition) is 3. The lowest BCUT2D eigenvalue weighted by atomic mass is 10.0. The van der Waals surface area contributed by atoms with E-state index in [1.54, 1.807) is 19.2 Å². The zero-order chi connectivity index (χ0) is 28.1. The van der Waals surface area contributed by atoms with Gasteiger partial charge in [-0.15, -0.1) is 0 Å². The van der Waals surface area contributed by atoms with Crippen LogP contribution in [0.4, 0.5) is 0 Å². The minimum atomic E-state index is -0.858. The molecule has 10 heteroatoms. The van der Waals surface area contributed by atoms with E-state index in [1.807, 2.05) is 30.3 Å². The van der Waals surface area contributed by atoms with E-state index in [4.69, 9.17) is 11.5 Å². The van der Waals surface area contributed by atoms with Gasteiger partial charge in [0.25, 0.3) is 0 Å². The standard InChI is InChI=1S/C29H37N5O5/c1-32(25(18-19-7-3-2-4-8-19)29(39)33-15-5-9-23(33)26(31)36)28(38)24-10-6-16-34(24)27(37)22(30)17-20-11-13-21(35)14-12-20/h2-4,7-8,11-14,22-25,35H,5-6,9-10,15-18,30H2,1H3,(H2,31,36)/t22-,23+,24-,25+/m0/s1. The molecule has 2 fully saturated rings. The summed E-state index contributed by atoms with van der Waals surface area (Å²) in [5.41, 5.74) is 13.5. The van der Waals surface area contributed by atoms with Gasteiger partial charge in [-0.1, -0.05) is 42.5 Å². The van der Waals surface area contributed by atoms with Gasteiger partial charge in [0.1, 0.15) is 23.9 Å². The molecule has 4 amide bonds. The average molecular weight is 536 g/mol. The second kappa shape index (κ2) is 12.3. The molecule has 5 N–H and O–H groups in total. The van der Waals surface area contributed by atoms with Crippen molar-refractivity contribution in [1.82, 2.24) is 14.7 Å². The number of phenols is 1. The highest BCUT2D eigenvalue weighted by atomic mass is 16.3. The molecule has 2 aromatic rings. The molecule has 0 aromatic heterocycles. The number of aromatic hydroxyl groups is 1. The highest BCUT2D eigenvalue weighted by molar-refractivity contribution is 5.95. The molecular formula is C29H37N5O5. The van der Waals surface area contributed by atoms with Crippen LogP contribution in [0.2, 0.25) is 0 Å². The van der Waals surface area contributed by atoms with Gasteiger partial charge in [-0.3, -0.25) is 19.2 Å². The summed E-state index contributed by atoms with van der Waals surface area (Å²) in [5.74, 6) is -1.41. The fraction of sp³-hybridized carbons (Fsp3) is 0.448. The first-order chi connectivity index (χ1) is 18.7. The summed E-state index contributed by atoms with van der Waals surface area (Å²) < 4.78 is 0. The third kappa shape index (κ3) is 6.39. The summed E-state index contributed by atoms with van der Waals surface area (Å²) >= 11 is 0. The molecule has 2 saturated heterocycles. The van der Waals surface area contributed by atoms with Crippen molar-refractivity contribution in [3.63, 3.8) is 0 Å². The monoisotopic (exact) mass is 535 g/mol. The fourth-order valence-electron chi connectivity index (χ4n) is 5.61. The van der Waals surface area contributed by atoms with Gasteiger partial charge in [0.2, 0.25) is 23.6 Å². The van der Waals surface area contributed by atoms with Gasteiger partial charge >= 0.3 is 0 Å². The lowest BCUT2D eigenvalue weighted by Gasteiger charge is -2.36. The second-order valence-electron chi connectivity index (χ2n) is 10.4. The molecule has 2 heterocycles. The van der Waals surface area contributed by atoms with Gasteiger partial charge < -0.3 is 31.3 Å². The number of rotatable bonds is 9. The predicted molar refractivity (Wildman–Crippen MR) is 145 cm³/mol. The molecule has 2 aliphatic rings. The van der Waals surface area contributed by atoms with Crippen molar-refractivity contribution in [3.05, 3.63) is 65.7 Å². The lowest BCUT2D eigenvalue weighted by molar-refractivity contribution is -0.151. The van der Waals surface area contributed by atoms with Gasteiger partial charge in [0.15, 0.2) is 0 Å². The summed E-state index contributed by atoms with van der Waals surface area (Å²) in [7, 11) is 1.58. The van der Waals surface area contributed by atoms with E-state index in [2.05, 4.69) is 0 Å². The van der Waals surface area contributed by atoms with Crippen LogP contribution in [0, 0.1) is 0 Å². The Morgan fingerprint density at radius 3 is 2.05 bits per heavy atom. The predicted octanol–water partition coefficient (Wildman–Crippen LogP) is 0.799. The normalized spacial score (nSPS) is 20.5. The van der Waals surface area contributed by atoms with Crippen molar-refractivity contribution in [1.29, 1.82) is 0 Å². The Kier molecular flexibility index (Phi) is 8.86. The summed E-state index contributed by atoms with van der Waals surface area (Å²) in [6.45, 7) is 0.805. The Labute approximate surface area is 228 Å². The lowest BCUT2D eigenvalue weighted by Crippen LogP contribution is -2.58. The second-order valence-corrected chi connectivity index (χ2v) is 10.4. The van der Waals surface area contributed by atoms with Gasteiger partial charge in [-0.25, -0.2) is 0 Å². The zero-order valence-corrected chi connectivity index (χ0v) is 22.2. The Hall–Kier alpha value is -3.92. The minimum absolute atomic E-state index is 0.127.